The van der Waals surface area contributed by atoms with Gasteiger partial charge in [0.2, 0.25) is 0 Å². The Morgan fingerprint density at radius 1 is 1.31 bits per heavy atom. The number of anilines is 1. The molecule has 0 aliphatic rings. The van der Waals surface area contributed by atoms with Crippen LogP contribution in [-0.4, -0.2) is 9.78 Å². The number of nitrogen functional groups attached to an aromatic ring is 1. The lowest BCUT2D eigenvalue weighted by Gasteiger charge is -2.14. The lowest BCUT2D eigenvalue weighted by Crippen LogP contribution is -2.11. The SMILES string of the molecule is Cc1cnn(C(C)c2ccc(I)cc2)c1N. The van der Waals surface area contributed by atoms with Crippen LogP contribution < -0.4 is 5.73 Å². The molecule has 84 valence electrons. The van der Waals surface area contributed by atoms with Crippen LogP contribution in [0.1, 0.15) is 24.1 Å². The van der Waals surface area contributed by atoms with Crippen molar-refractivity contribution in [3.05, 3.63) is 45.2 Å². The van der Waals surface area contributed by atoms with Gasteiger partial charge in [0.1, 0.15) is 5.82 Å². The van der Waals surface area contributed by atoms with Gasteiger partial charge < -0.3 is 5.73 Å². The Hall–Kier alpha value is -1.04. The van der Waals surface area contributed by atoms with Crippen molar-refractivity contribution in [1.29, 1.82) is 0 Å². The van der Waals surface area contributed by atoms with Crippen molar-refractivity contribution in [3.63, 3.8) is 0 Å². The van der Waals surface area contributed by atoms with Crippen molar-refractivity contribution in [2.45, 2.75) is 19.9 Å². The average molecular weight is 327 g/mol. The predicted octanol–water partition coefficient (Wildman–Crippen LogP) is 2.99. The topological polar surface area (TPSA) is 43.8 Å². The van der Waals surface area contributed by atoms with E-state index in [-0.39, 0.29) is 6.04 Å². The first-order chi connectivity index (χ1) is 7.59. The molecule has 0 fully saturated rings. The van der Waals surface area contributed by atoms with E-state index >= 15 is 0 Å². The maximum Gasteiger partial charge on any atom is 0.125 e. The smallest absolute Gasteiger partial charge is 0.125 e. The van der Waals surface area contributed by atoms with Gasteiger partial charge in [-0.3, -0.25) is 0 Å². The third-order valence-electron chi connectivity index (χ3n) is 2.75. The third-order valence-corrected chi connectivity index (χ3v) is 3.47. The average Bonchev–Trinajstić information content (AvgIpc) is 2.60. The third kappa shape index (κ3) is 2.07. The summed E-state index contributed by atoms with van der Waals surface area (Å²) in [5, 5.41) is 4.30. The molecule has 1 heterocycles. The molecule has 2 aromatic rings. The Morgan fingerprint density at radius 2 is 1.94 bits per heavy atom. The van der Waals surface area contributed by atoms with E-state index in [2.05, 4.69) is 58.9 Å². The van der Waals surface area contributed by atoms with Crippen molar-refractivity contribution >= 4 is 28.4 Å². The molecule has 1 aromatic carbocycles. The lowest BCUT2D eigenvalue weighted by atomic mass is 10.1. The Bertz CT molecular complexity index is 487. The molecule has 2 N–H and O–H groups in total. The molecule has 0 saturated heterocycles. The second-order valence-electron chi connectivity index (χ2n) is 3.88. The second-order valence-corrected chi connectivity index (χ2v) is 5.13. The van der Waals surface area contributed by atoms with Crippen LogP contribution in [0.25, 0.3) is 0 Å². The number of halogens is 1. The summed E-state index contributed by atoms with van der Waals surface area (Å²) in [6, 6.07) is 8.59. The van der Waals surface area contributed by atoms with E-state index in [1.807, 2.05) is 11.6 Å². The zero-order chi connectivity index (χ0) is 11.7. The molecule has 0 spiro atoms. The fraction of sp³-hybridized carbons (Fsp3) is 0.250. The Labute approximate surface area is 109 Å². The Kier molecular flexibility index (Phi) is 3.18. The van der Waals surface area contributed by atoms with Crippen LogP contribution in [0.3, 0.4) is 0 Å². The summed E-state index contributed by atoms with van der Waals surface area (Å²) < 4.78 is 3.09. The molecule has 2 rings (SSSR count). The summed E-state index contributed by atoms with van der Waals surface area (Å²) >= 11 is 2.30. The highest BCUT2D eigenvalue weighted by atomic mass is 127. The minimum absolute atomic E-state index is 0.172. The van der Waals surface area contributed by atoms with Gasteiger partial charge in [0.05, 0.1) is 12.2 Å². The lowest BCUT2D eigenvalue weighted by molar-refractivity contribution is 0.573. The zero-order valence-electron chi connectivity index (χ0n) is 9.31. The fourth-order valence-corrected chi connectivity index (χ4v) is 2.01. The molecule has 3 nitrogen and oxygen atoms in total. The van der Waals surface area contributed by atoms with E-state index in [0.29, 0.717) is 0 Å². The Balaban J connectivity index is 2.35. The molecule has 0 aliphatic carbocycles. The second kappa shape index (κ2) is 4.45. The first-order valence-corrected chi connectivity index (χ1v) is 6.22. The van der Waals surface area contributed by atoms with Crippen LogP contribution in [0.4, 0.5) is 5.82 Å². The molecule has 1 atom stereocenters. The van der Waals surface area contributed by atoms with Crippen LogP contribution in [0.2, 0.25) is 0 Å². The van der Waals surface area contributed by atoms with Crippen molar-refractivity contribution in [2.75, 3.05) is 5.73 Å². The van der Waals surface area contributed by atoms with Crippen LogP contribution in [-0.2, 0) is 0 Å². The summed E-state index contributed by atoms with van der Waals surface area (Å²) in [5.74, 6) is 0.742. The Morgan fingerprint density at radius 3 is 2.44 bits per heavy atom. The van der Waals surface area contributed by atoms with Crippen molar-refractivity contribution in [1.82, 2.24) is 9.78 Å². The number of benzene rings is 1. The van der Waals surface area contributed by atoms with Crippen LogP contribution >= 0.6 is 22.6 Å². The maximum absolute atomic E-state index is 5.97. The van der Waals surface area contributed by atoms with Gasteiger partial charge in [-0.25, -0.2) is 4.68 Å². The van der Waals surface area contributed by atoms with Crippen LogP contribution in [0.5, 0.6) is 0 Å². The number of rotatable bonds is 2. The summed E-state index contributed by atoms with van der Waals surface area (Å²) in [6.07, 6.45) is 1.80. The van der Waals surface area contributed by atoms with Crippen molar-refractivity contribution < 1.29 is 0 Å². The van der Waals surface area contributed by atoms with Gasteiger partial charge in [-0.15, -0.1) is 0 Å². The molecular formula is C12H14IN3. The number of hydrogen-bond acceptors (Lipinski definition) is 2. The van der Waals surface area contributed by atoms with Gasteiger partial charge in [0.25, 0.3) is 0 Å². The molecule has 4 heteroatoms. The molecule has 16 heavy (non-hydrogen) atoms. The number of nitrogens with two attached hydrogens (primary N) is 1. The summed E-state index contributed by atoms with van der Waals surface area (Å²) in [6.45, 7) is 4.07. The summed E-state index contributed by atoms with van der Waals surface area (Å²) in [4.78, 5) is 0. The number of nitrogens with zero attached hydrogens (tertiary/aromatic N) is 2. The monoisotopic (exact) mass is 327 g/mol. The fourth-order valence-electron chi connectivity index (χ4n) is 1.65. The largest absolute Gasteiger partial charge is 0.384 e. The van der Waals surface area contributed by atoms with E-state index in [4.69, 9.17) is 5.73 Å². The predicted molar refractivity (Wildman–Crippen MR) is 74.3 cm³/mol. The van der Waals surface area contributed by atoms with Gasteiger partial charge in [-0.2, -0.15) is 5.10 Å². The van der Waals surface area contributed by atoms with Gasteiger partial charge in [0, 0.05) is 9.13 Å². The zero-order valence-corrected chi connectivity index (χ0v) is 11.5. The van der Waals surface area contributed by atoms with Gasteiger partial charge >= 0.3 is 0 Å². The van der Waals surface area contributed by atoms with E-state index < -0.39 is 0 Å². The highest BCUT2D eigenvalue weighted by Crippen LogP contribution is 2.22. The van der Waals surface area contributed by atoms with Crippen molar-refractivity contribution in [2.24, 2.45) is 0 Å². The minimum atomic E-state index is 0.172. The van der Waals surface area contributed by atoms with Gasteiger partial charge in [0.15, 0.2) is 0 Å². The summed E-state index contributed by atoms with van der Waals surface area (Å²) in [7, 11) is 0. The first-order valence-electron chi connectivity index (χ1n) is 5.14. The summed E-state index contributed by atoms with van der Waals surface area (Å²) in [5.41, 5.74) is 8.21. The van der Waals surface area contributed by atoms with Crippen LogP contribution in [0, 0.1) is 10.5 Å². The number of aromatic nitrogens is 2. The maximum atomic E-state index is 5.97. The van der Waals surface area contributed by atoms with Crippen molar-refractivity contribution in [3.8, 4) is 0 Å². The number of aryl methyl sites for hydroxylation is 1. The molecule has 0 radical (unpaired) electrons. The quantitative estimate of drug-likeness (QED) is 0.862. The molecule has 0 amide bonds. The van der Waals surface area contributed by atoms with Crippen LogP contribution in [0.15, 0.2) is 30.5 Å². The molecular weight excluding hydrogens is 313 g/mol. The first kappa shape index (κ1) is 11.4. The highest BCUT2D eigenvalue weighted by molar-refractivity contribution is 14.1. The molecule has 1 aromatic heterocycles. The van der Waals surface area contributed by atoms with E-state index in [9.17, 15) is 0 Å². The molecule has 1 unspecified atom stereocenters. The molecule has 0 bridgehead atoms. The molecule has 0 saturated carbocycles. The normalized spacial score (nSPS) is 12.7. The van der Waals surface area contributed by atoms with Gasteiger partial charge in [-0.05, 0) is 54.1 Å². The van der Waals surface area contributed by atoms with E-state index in [1.165, 1.54) is 9.13 Å². The van der Waals surface area contributed by atoms with E-state index in [0.717, 1.165) is 11.4 Å². The standard InChI is InChI=1S/C12H14IN3/c1-8-7-15-16(12(8)14)9(2)10-3-5-11(13)6-4-10/h3-7,9H,14H2,1-2H3. The van der Waals surface area contributed by atoms with Gasteiger partial charge in [-0.1, -0.05) is 12.1 Å². The van der Waals surface area contributed by atoms with E-state index in [1.54, 1.807) is 6.20 Å². The highest BCUT2D eigenvalue weighted by Gasteiger charge is 2.12. The molecule has 0 aliphatic heterocycles. The number of hydrogen-bond donors (Lipinski definition) is 1. The minimum Gasteiger partial charge on any atom is -0.384 e.